The molecule has 0 aliphatic heterocycles. The molecule has 0 aromatic carbocycles. The lowest BCUT2D eigenvalue weighted by Crippen LogP contribution is -2.23. The summed E-state index contributed by atoms with van der Waals surface area (Å²) >= 11 is 0. The number of amides is 1. The fourth-order valence-corrected chi connectivity index (χ4v) is 1.80. The smallest absolute Gasteiger partial charge is 0.352 e. The lowest BCUT2D eigenvalue weighted by molar-refractivity contribution is -0.137. The van der Waals surface area contributed by atoms with Crippen LogP contribution >= 0.6 is 0 Å². The first-order chi connectivity index (χ1) is 9.84. The number of nitrogens with one attached hydrogen (secondary N) is 1. The molecule has 2 heterocycles. The Hall–Kier alpha value is -2.38. The average Bonchev–Trinajstić information content (AvgIpc) is 2.80. The van der Waals surface area contributed by atoms with Crippen LogP contribution in [-0.2, 0) is 6.18 Å². The van der Waals surface area contributed by atoms with Crippen molar-refractivity contribution in [3.8, 4) is 5.82 Å². The van der Waals surface area contributed by atoms with E-state index in [9.17, 15) is 18.0 Å². The van der Waals surface area contributed by atoms with Gasteiger partial charge < -0.3 is 5.32 Å². The van der Waals surface area contributed by atoms with Gasteiger partial charge in [-0.15, -0.1) is 0 Å². The van der Waals surface area contributed by atoms with Gasteiger partial charge in [0, 0.05) is 12.7 Å². The topological polar surface area (TPSA) is 59.8 Å². The molecule has 0 saturated carbocycles. The third-order valence-corrected chi connectivity index (χ3v) is 2.88. The first kappa shape index (κ1) is 15.0. The number of hydrogen-bond donors (Lipinski definition) is 1. The molecule has 2 rings (SSSR count). The van der Waals surface area contributed by atoms with Crippen LogP contribution < -0.4 is 5.32 Å². The summed E-state index contributed by atoms with van der Waals surface area (Å²) in [5, 5.41) is 6.63. The number of carbonyl (C=O) groups excluding carboxylic acids is 1. The van der Waals surface area contributed by atoms with Crippen molar-refractivity contribution in [3.05, 3.63) is 41.3 Å². The molecule has 0 radical (unpaired) electrons. The Morgan fingerprint density at radius 3 is 2.57 bits per heavy atom. The second-order valence-corrected chi connectivity index (χ2v) is 4.32. The first-order valence-electron chi connectivity index (χ1n) is 6.21. The summed E-state index contributed by atoms with van der Waals surface area (Å²) < 4.78 is 38.8. The lowest BCUT2D eigenvalue weighted by atomic mass is 10.2. The number of nitrogens with zero attached hydrogens (tertiary/aromatic N) is 3. The number of aromatic nitrogens is 3. The molecule has 0 atom stereocenters. The Morgan fingerprint density at radius 2 is 2.05 bits per heavy atom. The highest BCUT2D eigenvalue weighted by atomic mass is 19.4. The molecule has 0 aliphatic rings. The Morgan fingerprint density at radius 1 is 1.33 bits per heavy atom. The van der Waals surface area contributed by atoms with Crippen LogP contribution in [-0.4, -0.2) is 27.2 Å². The van der Waals surface area contributed by atoms with Crippen LogP contribution in [0.2, 0.25) is 0 Å². The Labute approximate surface area is 118 Å². The first-order valence-corrected chi connectivity index (χ1v) is 6.21. The van der Waals surface area contributed by atoms with E-state index < -0.39 is 11.7 Å². The highest BCUT2D eigenvalue weighted by Gasteiger charge is 2.30. The number of alkyl halides is 3. The molecule has 21 heavy (non-hydrogen) atoms. The van der Waals surface area contributed by atoms with Gasteiger partial charge >= 0.3 is 6.18 Å². The SMILES string of the molecule is CCNC(=O)c1cnn(-c2ccc(C(F)(F)F)cn2)c1C. The van der Waals surface area contributed by atoms with E-state index in [0.717, 1.165) is 12.3 Å². The maximum Gasteiger partial charge on any atom is 0.417 e. The molecule has 0 spiro atoms. The minimum atomic E-state index is -4.43. The molecule has 1 amide bonds. The quantitative estimate of drug-likeness (QED) is 0.946. The second-order valence-electron chi connectivity index (χ2n) is 4.32. The normalized spacial score (nSPS) is 11.5. The minimum absolute atomic E-state index is 0.219. The summed E-state index contributed by atoms with van der Waals surface area (Å²) in [5.41, 5.74) is 0.0340. The van der Waals surface area contributed by atoms with Crippen LogP contribution in [0.25, 0.3) is 5.82 Å². The molecule has 0 aliphatic carbocycles. The summed E-state index contributed by atoms with van der Waals surface area (Å²) in [5.74, 6) is -0.0655. The molecule has 5 nitrogen and oxygen atoms in total. The van der Waals surface area contributed by atoms with E-state index in [-0.39, 0.29) is 11.7 Å². The standard InChI is InChI=1S/C13H13F3N4O/c1-3-17-12(21)10-7-19-20(8(10)2)11-5-4-9(6-18-11)13(14,15)16/h4-7H,3H2,1-2H3,(H,17,21). The van der Waals surface area contributed by atoms with Crippen molar-refractivity contribution in [2.45, 2.75) is 20.0 Å². The van der Waals surface area contributed by atoms with E-state index >= 15 is 0 Å². The maximum absolute atomic E-state index is 12.5. The van der Waals surface area contributed by atoms with Crippen molar-refractivity contribution >= 4 is 5.91 Å². The number of rotatable bonds is 3. The monoisotopic (exact) mass is 298 g/mol. The van der Waals surface area contributed by atoms with Crippen molar-refractivity contribution in [1.82, 2.24) is 20.1 Å². The molecule has 8 heteroatoms. The van der Waals surface area contributed by atoms with Gasteiger partial charge in [0.2, 0.25) is 0 Å². The van der Waals surface area contributed by atoms with Crippen molar-refractivity contribution in [2.24, 2.45) is 0 Å². The van der Waals surface area contributed by atoms with Crippen LogP contribution in [0.1, 0.15) is 28.5 Å². The minimum Gasteiger partial charge on any atom is -0.352 e. The number of pyridine rings is 1. The largest absolute Gasteiger partial charge is 0.417 e. The van der Waals surface area contributed by atoms with Crippen LogP contribution in [0.15, 0.2) is 24.5 Å². The zero-order valence-corrected chi connectivity index (χ0v) is 11.4. The fraction of sp³-hybridized carbons (Fsp3) is 0.308. The van der Waals surface area contributed by atoms with Crippen LogP contribution in [0, 0.1) is 6.92 Å². The molecule has 0 unspecified atom stereocenters. The van der Waals surface area contributed by atoms with Gasteiger partial charge in [0.25, 0.3) is 5.91 Å². The second kappa shape index (κ2) is 5.55. The fourth-order valence-electron chi connectivity index (χ4n) is 1.80. The molecule has 1 N–H and O–H groups in total. The predicted molar refractivity (Wildman–Crippen MR) is 69.1 cm³/mol. The lowest BCUT2D eigenvalue weighted by Gasteiger charge is -2.08. The van der Waals surface area contributed by atoms with Crippen molar-refractivity contribution in [2.75, 3.05) is 6.54 Å². The summed E-state index contributed by atoms with van der Waals surface area (Å²) in [4.78, 5) is 15.5. The molecule has 2 aromatic rings. The molecule has 0 fully saturated rings. The van der Waals surface area contributed by atoms with E-state index in [1.54, 1.807) is 13.8 Å². The third kappa shape index (κ3) is 3.04. The van der Waals surface area contributed by atoms with Gasteiger partial charge in [-0.2, -0.15) is 18.3 Å². The average molecular weight is 298 g/mol. The summed E-state index contributed by atoms with van der Waals surface area (Å²) in [7, 11) is 0. The molecule has 0 saturated heterocycles. The van der Waals surface area contributed by atoms with E-state index in [1.807, 2.05) is 0 Å². The highest BCUT2D eigenvalue weighted by molar-refractivity contribution is 5.95. The Kier molecular flexibility index (Phi) is 3.97. The molecular weight excluding hydrogens is 285 g/mol. The Bertz CT molecular complexity index is 646. The summed E-state index contributed by atoms with van der Waals surface area (Å²) in [6.45, 7) is 3.91. The van der Waals surface area contributed by atoms with Gasteiger partial charge in [0.1, 0.15) is 0 Å². The zero-order chi connectivity index (χ0) is 15.6. The molecular formula is C13H13F3N4O. The third-order valence-electron chi connectivity index (χ3n) is 2.88. The van der Waals surface area contributed by atoms with Gasteiger partial charge in [-0.05, 0) is 26.0 Å². The number of halogens is 3. The summed E-state index contributed by atoms with van der Waals surface area (Å²) in [6.07, 6.45) is -2.33. The molecule has 0 bridgehead atoms. The van der Waals surface area contributed by atoms with E-state index in [1.165, 1.54) is 16.9 Å². The molecule has 112 valence electrons. The van der Waals surface area contributed by atoms with Gasteiger partial charge in [-0.1, -0.05) is 0 Å². The van der Waals surface area contributed by atoms with E-state index in [2.05, 4.69) is 15.4 Å². The van der Waals surface area contributed by atoms with Crippen molar-refractivity contribution < 1.29 is 18.0 Å². The van der Waals surface area contributed by atoms with Crippen LogP contribution in [0.4, 0.5) is 13.2 Å². The number of hydrogen-bond acceptors (Lipinski definition) is 3. The van der Waals surface area contributed by atoms with Gasteiger partial charge in [0.05, 0.1) is 23.0 Å². The maximum atomic E-state index is 12.5. The Balaban J connectivity index is 2.33. The molecule has 2 aromatic heterocycles. The summed E-state index contributed by atoms with van der Waals surface area (Å²) in [6, 6.07) is 2.14. The van der Waals surface area contributed by atoms with E-state index in [0.29, 0.717) is 17.8 Å². The van der Waals surface area contributed by atoms with Crippen LogP contribution in [0.3, 0.4) is 0 Å². The van der Waals surface area contributed by atoms with Gasteiger partial charge in [0.15, 0.2) is 5.82 Å². The number of carbonyl (C=O) groups is 1. The van der Waals surface area contributed by atoms with Gasteiger partial charge in [-0.3, -0.25) is 4.79 Å². The van der Waals surface area contributed by atoms with Gasteiger partial charge in [-0.25, -0.2) is 9.67 Å². The van der Waals surface area contributed by atoms with Crippen molar-refractivity contribution in [1.29, 1.82) is 0 Å². The highest BCUT2D eigenvalue weighted by Crippen LogP contribution is 2.28. The predicted octanol–water partition coefficient (Wildman–Crippen LogP) is 2.34. The van der Waals surface area contributed by atoms with E-state index in [4.69, 9.17) is 0 Å². The van der Waals surface area contributed by atoms with Crippen LogP contribution in [0.5, 0.6) is 0 Å². The zero-order valence-electron chi connectivity index (χ0n) is 11.4. The van der Waals surface area contributed by atoms with Crippen molar-refractivity contribution in [3.63, 3.8) is 0 Å².